The van der Waals surface area contributed by atoms with Crippen molar-refractivity contribution < 1.29 is 4.39 Å². The fraction of sp³-hybridized carbons (Fsp3) is 0.625. The van der Waals surface area contributed by atoms with Crippen LogP contribution >= 0.6 is 0 Å². The van der Waals surface area contributed by atoms with Crippen molar-refractivity contribution in [1.82, 2.24) is 5.32 Å². The minimum absolute atomic E-state index is 0.150. The quantitative estimate of drug-likeness (QED) is 0.731. The first-order valence-electron chi connectivity index (χ1n) is 7.11. The van der Waals surface area contributed by atoms with Crippen molar-refractivity contribution >= 4 is 0 Å². The van der Waals surface area contributed by atoms with Gasteiger partial charge in [0.2, 0.25) is 0 Å². The first-order valence-corrected chi connectivity index (χ1v) is 7.11. The summed E-state index contributed by atoms with van der Waals surface area (Å²) in [5.41, 5.74) is 1.23. The summed E-state index contributed by atoms with van der Waals surface area (Å²) in [7, 11) is 0. The maximum atomic E-state index is 12.8. The van der Waals surface area contributed by atoms with E-state index in [1.807, 2.05) is 12.1 Å². The lowest BCUT2D eigenvalue weighted by molar-refractivity contribution is 0.370. The van der Waals surface area contributed by atoms with Crippen molar-refractivity contribution in [2.24, 2.45) is 5.92 Å². The molecule has 0 aliphatic carbocycles. The molecule has 2 heteroatoms. The lowest BCUT2D eigenvalue weighted by atomic mass is 9.96. The van der Waals surface area contributed by atoms with Gasteiger partial charge in [0.05, 0.1) is 0 Å². The van der Waals surface area contributed by atoms with Crippen molar-refractivity contribution in [3.8, 4) is 0 Å². The van der Waals surface area contributed by atoms with E-state index < -0.39 is 0 Å². The summed E-state index contributed by atoms with van der Waals surface area (Å²) < 4.78 is 12.8. The predicted octanol–water partition coefficient (Wildman–Crippen LogP) is 4.17. The Morgan fingerprint density at radius 3 is 2.39 bits per heavy atom. The van der Waals surface area contributed by atoms with Crippen LogP contribution in [0, 0.1) is 11.7 Å². The number of benzene rings is 1. The van der Waals surface area contributed by atoms with E-state index >= 15 is 0 Å². The minimum atomic E-state index is -0.150. The summed E-state index contributed by atoms with van der Waals surface area (Å²) >= 11 is 0. The highest BCUT2D eigenvalue weighted by Crippen LogP contribution is 2.12. The first-order chi connectivity index (χ1) is 8.63. The third kappa shape index (κ3) is 5.63. The van der Waals surface area contributed by atoms with Gasteiger partial charge < -0.3 is 5.32 Å². The first kappa shape index (κ1) is 15.2. The van der Waals surface area contributed by atoms with E-state index in [1.54, 1.807) is 12.1 Å². The maximum Gasteiger partial charge on any atom is 0.123 e. The molecule has 18 heavy (non-hydrogen) atoms. The molecular formula is C16H26FN. The van der Waals surface area contributed by atoms with Gasteiger partial charge in [0, 0.05) is 6.04 Å². The molecule has 0 saturated carbocycles. The van der Waals surface area contributed by atoms with Crippen LogP contribution in [0.1, 0.15) is 45.6 Å². The average molecular weight is 251 g/mol. The fourth-order valence-corrected chi connectivity index (χ4v) is 2.18. The van der Waals surface area contributed by atoms with Gasteiger partial charge >= 0.3 is 0 Å². The summed E-state index contributed by atoms with van der Waals surface area (Å²) in [6.07, 6.45) is 4.57. The van der Waals surface area contributed by atoms with Crippen molar-refractivity contribution in [3.05, 3.63) is 35.6 Å². The normalized spacial score (nSPS) is 12.9. The second-order valence-electron chi connectivity index (χ2n) is 5.32. The molecule has 102 valence electrons. The Morgan fingerprint density at radius 2 is 1.83 bits per heavy atom. The van der Waals surface area contributed by atoms with E-state index in [-0.39, 0.29) is 5.82 Å². The van der Waals surface area contributed by atoms with Gasteiger partial charge in [0.1, 0.15) is 5.82 Å². The van der Waals surface area contributed by atoms with E-state index in [2.05, 4.69) is 26.1 Å². The predicted molar refractivity (Wildman–Crippen MR) is 76.3 cm³/mol. The Morgan fingerprint density at radius 1 is 1.17 bits per heavy atom. The van der Waals surface area contributed by atoms with E-state index in [0.29, 0.717) is 12.0 Å². The molecule has 0 bridgehead atoms. The highest BCUT2D eigenvalue weighted by Gasteiger charge is 2.11. The van der Waals surface area contributed by atoms with Gasteiger partial charge in [-0.25, -0.2) is 4.39 Å². The molecule has 0 aromatic heterocycles. The van der Waals surface area contributed by atoms with Gasteiger partial charge in [-0.05, 0) is 55.8 Å². The van der Waals surface area contributed by atoms with Crippen LogP contribution in [0.2, 0.25) is 0 Å². The summed E-state index contributed by atoms with van der Waals surface area (Å²) in [5.74, 6) is 0.521. The summed E-state index contributed by atoms with van der Waals surface area (Å²) in [6, 6.07) is 7.47. The molecule has 1 aromatic carbocycles. The molecule has 1 unspecified atom stereocenters. The van der Waals surface area contributed by atoms with Gasteiger partial charge in [-0.2, -0.15) is 0 Å². The molecule has 1 nitrogen and oxygen atoms in total. The second-order valence-corrected chi connectivity index (χ2v) is 5.32. The van der Waals surface area contributed by atoms with E-state index in [1.165, 1.54) is 18.4 Å². The van der Waals surface area contributed by atoms with E-state index in [0.717, 1.165) is 19.4 Å². The highest BCUT2D eigenvalue weighted by molar-refractivity contribution is 5.15. The number of hydrogen-bond acceptors (Lipinski definition) is 1. The molecule has 0 radical (unpaired) electrons. The van der Waals surface area contributed by atoms with Crippen LogP contribution < -0.4 is 5.32 Å². The largest absolute Gasteiger partial charge is 0.314 e. The zero-order valence-electron chi connectivity index (χ0n) is 11.9. The van der Waals surface area contributed by atoms with Crippen LogP contribution in [0.15, 0.2) is 24.3 Å². The SMILES string of the molecule is CCCNC(CCCc1ccc(F)cc1)C(C)C. The van der Waals surface area contributed by atoms with Gasteiger partial charge in [0.25, 0.3) is 0 Å². The van der Waals surface area contributed by atoms with Gasteiger partial charge in [0.15, 0.2) is 0 Å². The third-order valence-corrected chi connectivity index (χ3v) is 3.36. The van der Waals surface area contributed by atoms with Gasteiger partial charge in [-0.3, -0.25) is 0 Å². The van der Waals surface area contributed by atoms with Gasteiger partial charge in [-0.15, -0.1) is 0 Å². The van der Waals surface area contributed by atoms with Crippen molar-refractivity contribution in [2.75, 3.05) is 6.54 Å². The highest BCUT2D eigenvalue weighted by atomic mass is 19.1. The standard InChI is InChI=1S/C16H26FN/c1-4-12-18-16(13(2)3)7-5-6-14-8-10-15(17)11-9-14/h8-11,13,16,18H,4-7,12H2,1-3H3. The molecule has 1 rings (SSSR count). The Labute approximate surface area is 111 Å². The van der Waals surface area contributed by atoms with Gasteiger partial charge in [-0.1, -0.05) is 32.9 Å². The van der Waals surface area contributed by atoms with Crippen LogP contribution in [0.25, 0.3) is 0 Å². The van der Waals surface area contributed by atoms with Crippen LogP contribution in [-0.2, 0) is 6.42 Å². The molecule has 0 heterocycles. The molecule has 0 amide bonds. The zero-order chi connectivity index (χ0) is 13.4. The number of rotatable bonds is 8. The third-order valence-electron chi connectivity index (χ3n) is 3.36. The zero-order valence-corrected chi connectivity index (χ0v) is 11.9. The van der Waals surface area contributed by atoms with E-state index in [9.17, 15) is 4.39 Å². The monoisotopic (exact) mass is 251 g/mol. The molecule has 1 N–H and O–H groups in total. The maximum absolute atomic E-state index is 12.8. The lowest BCUT2D eigenvalue weighted by Gasteiger charge is -2.22. The van der Waals surface area contributed by atoms with Crippen molar-refractivity contribution in [3.63, 3.8) is 0 Å². The fourth-order valence-electron chi connectivity index (χ4n) is 2.18. The minimum Gasteiger partial charge on any atom is -0.314 e. The molecule has 0 aliphatic heterocycles. The van der Waals surface area contributed by atoms with Crippen LogP contribution in [0.5, 0.6) is 0 Å². The van der Waals surface area contributed by atoms with Crippen molar-refractivity contribution in [2.45, 2.75) is 52.5 Å². The van der Waals surface area contributed by atoms with Crippen molar-refractivity contribution in [1.29, 1.82) is 0 Å². The topological polar surface area (TPSA) is 12.0 Å². The van der Waals surface area contributed by atoms with Crippen LogP contribution in [0.3, 0.4) is 0 Å². The number of hydrogen-bond donors (Lipinski definition) is 1. The molecule has 0 saturated heterocycles. The number of nitrogens with one attached hydrogen (secondary N) is 1. The van der Waals surface area contributed by atoms with Crippen LogP contribution in [0.4, 0.5) is 4.39 Å². The molecule has 0 fully saturated rings. The molecule has 1 atom stereocenters. The second kappa shape index (κ2) is 8.25. The summed E-state index contributed by atoms with van der Waals surface area (Å²) in [4.78, 5) is 0. The Hall–Kier alpha value is -0.890. The Bertz CT molecular complexity index is 318. The lowest BCUT2D eigenvalue weighted by Crippen LogP contribution is -2.34. The average Bonchev–Trinajstić information content (AvgIpc) is 2.35. The number of halogens is 1. The molecular weight excluding hydrogens is 225 g/mol. The molecule has 0 aliphatic rings. The van der Waals surface area contributed by atoms with Crippen LogP contribution in [-0.4, -0.2) is 12.6 Å². The Balaban J connectivity index is 2.31. The molecule has 0 spiro atoms. The number of aryl methyl sites for hydroxylation is 1. The Kier molecular flexibility index (Phi) is 6.96. The summed E-state index contributed by atoms with van der Waals surface area (Å²) in [5, 5.41) is 3.60. The summed E-state index contributed by atoms with van der Waals surface area (Å²) in [6.45, 7) is 7.83. The van der Waals surface area contributed by atoms with E-state index in [4.69, 9.17) is 0 Å². The smallest absolute Gasteiger partial charge is 0.123 e. The molecule has 1 aromatic rings.